The summed E-state index contributed by atoms with van der Waals surface area (Å²) in [6.45, 7) is 8.36. The van der Waals surface area contributed by atoms with Crippen LogP contribution in [-0.2, 0) is 4.79 Å². The molecule has 96 valence electrons. The van der Waals surface area contributed by atoms with Gasteiger partial charge >= 0.3 is 0 Å². The highest BCUT2D eigenvalue weighted by Crippen LogP contribution is 2.04. The number of carbonyl (C=O) groups excluding carboxylic acids is 1. The molecule has 0 spiro atoms. The monoisotopic (exact) mass is 230 g/mol. The van der Waals surface area contributed by atoms with Crippen LogP contribution < -0.4 is 10.6 Å². The zero-order chi connectivity index (χ0) is 12.4. The molecule has 0 aromatic carbocycles. The van der Waals surface area contributed by atoms with Crippen molar-refractivity contribution in [1.82, 2.24) is 10.6 Å². The van der Waals surface area contributed by atoms with Crippen molar-refractivity contribution in [2.45, 2.75) is 33.6 Å². The quantitative estimate of drug-likeness (QED) is 0.548. The van der Waals surface area contributed by atoms with Crippen molar-refractivity contribution in [2.75, 3.05) is 26.2 Å². The molecule has 0 aromatic rings. The van der Waals surface area contributed by atoms with Crippen molar-refractivity contribution < 1.29 is 9.90 Å². The van der Waals surface area contributed by atoms with E-state index in [4.69, 9.17) is 5.11 Å². The Morgan fingerprint density at radius 1 is 1.31 bits per heavy atom. The SMILES string of the molecule is CCC(CCO)CNCC(=O)NCC(C)C. The Balaban J connectivity index is 3.52. The van der Waals surface area contributed by atoms with E-state index in [9.17, 15) is 4.79 Å². The summed E-state index contributed by atoms with van der Waals surface area (Å²) in [5, 5.41) is 14.8. The first-order chi connectivity index (χ1) is 7.60. The third-order valence-electron chi connectivity index (χ3n) is 2.54. The van der Waals surface area contributed by atoms with E-state index in [1.807, 2.05) is 0 Å². The van der Waals surface area contributed by atoms with Gasteiger partial charge in [0.1, 0.15) is 0 Å². The van der Waals surface area contributed by atoms with E-state index < -0.39 is 0 Å². The van der Waals surface area contributed by atoms with Crippen LogP contribution in [0.25, 0.3) is 0 Å². The van der Waals surface area contributed by atoms with Gasteiger partial charge in [-0.05, 0) is 24.8 Å². The first-order valence-electron chi connectivity index (χ1n) is 6.18. The topological polar surface area (TPSA) is 61.4 Å². The van der Waals surface area contributed by atoms with E-state index in [1.165, 1.54) is 0 Å². The molecule has 0 aliphatic heterocycles. The van der Waals surface area contributed by atoms with Gasteiger partial charge < -0.3 is 15.7 Å². The van der Waals surface area contributed by atoms with Crippen LogP contribution in [-0.4, -0.2) is 37.3 Å². The molecule has 4 nitrogen and oxygen atoms in total. The second-order valence-corrected chi connectivity index (χ2v) is 4.62. The Kier molecular flexibility index (Phi) is 9.24. The maximum absolute atomic E-state index is 11.4. The smallest absolute Gasteiger partial charge is 0.233 e. The number of hydrogen-bond acceptors (Lipinski definition) is 3. The molecular weight excluding hydrogens is 204 g/mol. The number of aliphatic hydroxyl groups is 1. The maximum atomic E-state index is 11.4. The van der Waals surface area contributed by atoms with Gasteiger partial charge in [-0.3, -0.25) is 4.79 Å². The molecular formula is C12H26N2O2. The van der Waals surface area contributed by atoms with Crippen LogP contribution in [0.1, 0.15) is 33.6 Å². The van der Waals surface area contributed by atoms with Gasteiger partial charge in [-0.2, -0.15) is 0 Å². The zero-order valence-corrected chi connectivity index (χ0v) is 10.8. The lowest BCUT2D eigenvalue weighted by atomic mass is 10.0. The highest BCUT2D eigenvalue weighted by molar-refractivity contribution is 5.77. The van der Waals surface area contributed by atoms with Crippen molar-refractivity contribution in [2.24, 2.45) is 11.8 Å². The predicted molar refractivity (Wildman–Crippen MR) is 66.2 cm³/mol. The first-order valence-corrected chi connectivity index (χ1v) is 6.18. The lowest BCUT2D eigenvalue weighted by Gasteiger charge is -2.14. The first kappa shape index (κ1) is 15.4. The van der Waals surface area contributed by atoms with Gasteiger partial charge in [0.2, 0.25) is 5.91 Å². The van der Waals surface area contributed by atoms with E-state index in [2.05, 4.69) is 31.4 Å². The average Bonchev–Trinajstić information content (AvgIpc) is 2.25. The Morgan fingerprint density at radius 3 is 2.50 bits per heavy atom. The molecule has 0 aromatic heterocycles. The van der Waals surface area contributed by atoms with Crippen LogP contribution in [0.4, 0.5) is 0 Å². The van der Waals surface area contributed by atoms with E-state index in [0.717, 1.165) is 25.9 Å². The molecule has 0 bridgehead atoms. The highest BCUT2D eigenvalue weighted by atomic mass is 16.3. The van der Waals surface area contributed by atoms with Crippen molar-refractivity contribution in [1.29, 1.82) is 0 Å². The molecule has 0 radical (unpaired) electrons. The molecule has 1 unspecified atom stereocenters. The van der Waals surface area contributed by atoms with Crippen LogP contribution >= 0.6 is 0 Å². The van der Waals surface area contributed by atoms with E-state index in [-0.39, 0.29) is 12.5 Å². The van der Waals surface area contributed by atoms with Gasteiger partial charge in [-0.25, -0.2) is 0 Å². The standard InChI is InChI=1S/C12H26N2O2/c1-4-11(5-6-15)8-13-9-12(16)14-7-10(2)3/h10-11,13,15H,4-9H2,1-3H3,(H,14,16). The van der Waals surface area contributed by atoms with Crippen molar-refractivity contribution in [3.63, 3.8) is 0 Å². The summed E-state index contributed by atoms with van der Waals surface area (Å²) >= 11 is 0. The Morgan fingerprint density at radius 2 is 2.00 bits per heavy atom. The normalized spacial score (nSPS) is 12.8. The number of amides is 1. The van der Waals surface area contributed by atoms with Gasteiger partial charge in [0.25, 0.3) is 0 Å². The Bertz CT molecular complexity index is 184. The van der Waals surface area contributed by atoms with E-state index in [0.29, 0.717) is 18.4 Å². The molecule has 16 heavy (non-hydrogen) atoms. The van der Waals surface area contributed by atoms with Crippen LogP contribution in [0.5, 0.6) is 0 Å². The third-order valence-corrected chi connectivity index (χ3v) is 2.54. The summed E-state index contributed by atoms with van der Waals surface area (Å²) in [5.74, 6) is 0.997. The zero-order valence-electron chi connectivity index (χ0n) is 10.8. The van der Waals surface area contributed by atoms with Gasteiger partial charge in [-0.15, -0.1) is 0 Å². The molecule has 0 rings (SSSR count). The molecule has 0 fully saturated rings. The average molecular weight is 230 g/mol. The lowest BCUT2D eigenvalue weighted by molar-refractivity contribution is -0.120. The predicted octanol–water partition coefficient (Wildman–Crippen LogP) is 0.757. The van der Waals surface area contributed by atoms with Crippen molar-refractivity contribution in [3.05, 3.63) is 0 Å². The van der Waals surface area contributed by atoms with E-state index in [1.54, 1.807) is 0 Å². The second kappa shape index (κ2) is 9.60. The minimum Gasteiger partial charge on any atom is -0.396 e. The molecule has 0 aliphatic carbocycles. The summed E-state index contributed by atoms with van der Waals surface area (Å²) in [6.07, 6.45) is 1.83. The van der Waals surface area contributed by atoms with Crippen molar-refractivity contribution in [3.8, 4) is 0 Å². The minimum atomic E-state index is 0.0487. The van der Waals surface area contributed by atoms with Gasteiger partial charge in [0.15, 0.2) is 0 Å². The van der Waals surface area contributed by atoms with Crippen LogP contribution in [0.3, 0.4) is 0 Å². The lowest BCUT2D eigenvalue weighted by Crippen LogP contribution is -2.37. The van der Waals surface area contributed by atoms with Gasteiger partial charge in [0.05, 0.1) is 6.54 Å². The van der Waals surface area contributed by atoms with Crippen LogP contribution in [0, 0.1) is 11.8 Å². The summed E-state index contributed by atoms with van der Waals surface area (Å²) in [5.41, 5.74) is 0. The number of carbonyl (C=O) groups is 1. The van der Waals surface area contributed by atoms with Crippen LogP contribution in [0.15, 0.2) is 0 Å². The molecule has 0 heterocycles. The fourth-order valence-electron chi connectivity index (χ4n) is 1.40. The van der Waals surface area contributed by atoms with Gasteiger partial charge in [0, 0.05) is 13.2 Å². The van der Waals surface area contributed by atoms with Crippen LogP contribution in [0.2, 0.25) is 0 Å². The molecule has 0 saturated carbocycles. The number of rotatable bonds is 9. The number of aliphatic hydroxyl groups excluding tert-OH is 1. The molecule has 1 amide bonds. The fourth-order valence-corrected chi connectivity index (χ4v) is 1.40. The fraction of sp³-hybridized carbons (Fsp3) is 0.917. The molecule has 3 N–H and O–H groups in total. The third kappa shape index (κ3) is 8.68. The van der Waals surface area contributed by atoms with Crippen molar-refractivity contribution >= 4 is 5.91 Å². The largest absolute Gasteiger partial charge is 0.396 e. The highest BCUT2D eigenvalue weighted by Gasteiger charge is 2.06. The molecule has 0 aliphatic rings. The molecule has 1 atom stereocenters. The summed E-state index contributed by atoms with van der Waals surface area (Å²) in [6, 6.07) is 0. The molecule has 0 saturated heterocycles. The summed E-state index contributed by atoms with van der Waals surface area (Å²) < 4.78 is 0. The maximum Gasteiger partial charge on any atom is 0.233 e. The Hall–Kier alpha value is -0.610. The Labute approximate surface area is 98.8 Å². The summed E-state index contributed by atoms with van der Waals surface area (Å²) in [7, 11) is 0. The molecule has 4 heteroatoms. The summed E-state index contributed by atoms with van der Waals surface area (Å²) in [4.78, 5) is 11.4. The second-order valence-electron chi connectivity index (χ2n) is 4.62. The van der Waals surface area contributed by atoms with E-state index >= 15 is 0 Å². The van der Waals surface area contributed by atoms with Gasteiger partial charge in [-0.1, -0.05) is 27.2 Å². The number of hydrogen-bond donors (Lipinski definition) is 3. The number of nitrogens with one attached hydrogen (secondary N) is 2. The minimum absolute atomic E-state index is 0.0487.